The van der Waals surface area contributed by atoms with Crippen molar-refractivity contribution in [1.29, 1.82) is 10.5 Å². The van der Waals surface area contributed by atoms with Gasteiger partial charge in [-0.05, 0) is 11.5 Å². The van der Waals surface area contributed by atoms with Gasteiger partial charge in [0, 0.05) is 12.8 Å². The zero-order valence-corrected chi connectivity index (χ0v) is 12.9. The molecule has 23 heavy (non-hydrogen) atoms. The molecule has 2 rings (SSSR count). The summed E-state index contributed by atoms with van der Waals surface area (Å²) in [6, 6.07) is 13.4. The largest absolute Gasteiger partial charge is 0.447 e. The predicted octanol–water partition coefficient (Wildman–Crippen LogP) is 2.27. The highest BCUT2D eigenvalue weighted by molar-refractivity contribution is 5.93. The SMILES string of the molecule is CC(CC(=O)N1CCOC1=O)C(C#N)(C#N)Cc1ccccc1. The summed E-state index contributed by atoms with van der Waals surface area (Å²) in [6.45, 7) is 2.09. The van der Waals surface area contributed by atoms with Crippen LogP contribution in [-0.4, -0.2) is 30.1 Å². The molecule has 6 nitrogen and oxygen atoms in total. The molecule has 118 valence electrons. The monoisotopic (exact) mass is 311 g/mol. The summed E-state index contributed by atoms with van der Waals surface area (Å²) in [5.74, 6) is -0.929. The fraction of sp³-hybridized carbons (Fsp3) is 0.412. The van der Waals surface area contributed by atoms with Crippen LogP contribution in [-0.2, 0) is 16.0 Å². The molecule has 1 aliphatic rings. The number of carbonyl (C=O) groups excluding carboxylic acids is 2. The highest BCUT2D eigenvalue weighted by Gasteiger charge is 2.40. The third kappa shape index (κ3) is 3.49. The van der Waals surface area contributed by atoms with Crippen molar-refractivity contribution >= 4 is 12.0 Å². The van der Waals surface area contributed by atoms with Gasteiger partial charge in [0.05, 0.1) is 18.7 Å². The number of nitriles is 2. The summed E-state index contributed by atoms with van der Waals surface area (Å²) in [6.07, 6.45) is -0.479. The van der Waals surface area contributed by atoms with E-state index < -0.39 is 23.3 Å². The summed E-state index contributed by atoms with van der Waals surface area (Å²) in [5, 5.41) is 19.1. The molecule has 2 amide bonds. The lowest BCUT2D eigenvalue weighted by Gasteiger charge is -2.26. The highest BCUT2D eigenvalue weighted by Crippen LogP contribution is 2.33. The van der Waals surface area contributed by atoms with Crippen LogP contribution in [0.2, 0.25) is 0 Å². The van der Waals surface area contributed by atoms with Gasteiger partial charge in [0.25, 0.3) is 0 Å². The molecular formula is C17H17N3O3. The van der Waals surface area contributed by atoms with Gasteiger partial charge in [-0.1, -0.05) is 37.3 Å². The Labute approximate surface area is 134 Å². The lowest BCUT2D eigenvalue weighted by Crippen LogP contribution is -2.37. The molecule has 0 N–H and O–H groups in total. The van der Waals surface area contributed by atoms with E-state index in [0.717, 1.165) is 10.5 Å². The van der Waals surface area contributed by atoms with Gasteiger partial charge in [-0.2, -0.15) is 10.5 Å². The van der Waals surface area contributed by atoms with Crippen LogP contribution in [0.1, 0.15) is 18.9 Å². The lowest BCUT2D eigenvalue weighted by molar-refractivity contribution is -0.129. The van der Waals surface area contributed by atoms with Crippen molar-refractivity contribution in [3.05, 3.63) is 35.9 Å². The highest BCUT2D eigenvalue weighted by atomic mass is 16.6. The van der Waals surface area contributed by atoms with Gasteiger partial charge >= 0.3 is 6.09 Å². The van der Waals surface area contributed by atoms with E-state index in [2.05, 4.69) is 12.1 Å². The molecule has 1 unspecified atom stereocenters. The van der Waals surface area contributed by atoms with E-state index in [1.165, 1.54) is 0 Å². The molecule has 1 aromatic carbocycles. The standard InChI is InChI=1S/C17H17N3O3/c1-13(9-15(21)20-7-8-23-16(20)22)17(11-18,12-19)10-14-5-3-2-4-6-14/h2-6,13H,7-10H2,1H3. The number of benzene rings is 1. The molecule has 0 saturated carbocycles. The molecule has 1 aliphatic heterocycles. The maximum absolute atomic E-state index is 12.2. The van der Waals surface area contributed by atoms with Crippen LogP contribution in [0.15, 0.2) is 30.3 Å². The van der Waals surface area contributed by atoms with Crippen molar-refractivity contribution in [2.24, 2.45) is 11.3 Å². The third-order valence-corrected chi connectivity index (χ3v) is 4.11. The lowest BCUT2D eigenvalue weighted by atomic mass is 9.72. The van der Waals surface area contributed by atoms with Crippen molar-refractivity contribution in [1.82, 2.24) is 4.90 Å². The summed E-state index contributed by atoms with van der Waals surface area (Å²) in [4.78, 5) is 24.7. The summed E-state index contributed by atoms with van der Waals surface area (Å²) < 4.78 is 4.74. The normalized spacial score (nSPS) is 15.4. The van der Waals surface area contributed by atoms with Gasteiger partial charge in [-0.25, -0.2) is 9.69 Å². The second-order valence-corrected chi connectivity index (χ2v) is 5.62. The van der Waals surface area contributed by atoms with Gasteiger partial charge in [0.2, 0.25) is 5.91 Å². The molecule has 6 heteroatoms. The van der Waals surface area contributed by atoms with Gasteiger partial charge in [0.15, 0.2) is 5.41 Å². The van der Waals surface area contributed by atoms with E-state index in [1.54, 1.807) is 6.92 Å². The summed E-state index contributed by atoms with van der Waals surface area (Å²) in [7, 11) is 0. The number of hydrogen-bond donors (Lipinski definition) is 0. The number of amides is 2. The Morgan fingerprint density at radius 3 is 2.52 bits per heavy atom. The van der Waals surface area contributed by atoms with Crippen LogP contribution in [0, 0.1) is 34.0 Å². The van der Waals surface area contributed by atoms with Crippen molar-refractivity contribution in [2.75, 3.05) is 13.2 Å². The maximum atomic E-state index is 12.2. The number of rotatable bonds is 5. The van der Waals surface area contributed by atoms with Crippen molar-refractivity contribution in [3.63, 3.8) is 0 Å². The molecule has 1 fully saturated rings. The van der Waals surface area contributed by atoms with E-state index in [4.69, 9.17) is 4.74 Å². The summed E-state index contributed by atoms with van der Waals surface area (Å²) in [5.41, 5.74) is -0.462. The molecule has 1 atom stereocenters. The first-order valence-corrected chi connectivity index (χ1v) is 7.36. The molecule has 1 saturated heterocycles. The fourth-order valence-electron chi connectivity index (χ4n) is 2.58. The molecule has 0 spiro atoms. The average molecular weight is 311 g/mol. The van der Waals surface area contributed by atoms with Gasteiger partial charge in [-0.15, -0.1) is 0 Å². The first-order chi connectivity index (χ1) is 11.0. The third-order valence-electron chi connectivity index (χ3n) is 4.11. The maximum Gasteiger partial charge on any atom is 0.416 e. The first kappa shape index (κ1) is 16.5. The quantitative estimate of drug-likeness (QED) is 0.831. The number of hydrogen-bond acceptors (Lipinski definition) is 5. The minimum atomic E-state index is -1.32. The average Bonchev–Trinajstić information content (AvgIpc) is 2.99. The molecule has 1 heterocycles. The predicted molar refractivity (Wildman–Crippen MR) is 80.6 cm³/mol. The Kier molecular flexibility index (Phi) is 4.98. The van der Waals surface area contributed by atoms with E-state index in [9.17, 15) is 20.1 Å². The molecule has 0 aliphatic carbocycles. The summed E-state index contributed by atoms with van der Waals surface area (Å²) >= 11 is 0. The van der Waals surface area contributed by atoms with E-state index in [1.807, 2.05) is 30.3 Å². The van der Waals surface area contributed by atoms with Gasteiger partial charge in [0.1, 0.15) is 6.61 Å². The first-order valence-electron chi connectivity index (χ1n) is 7.36. The second kappa shape index (κ2) is 6.93. The number of imide groups is 1. The minimum absolute atomic E-state index is 0.0525. The van der Waals surface area contributed by atoms with Crippen LogP contribution in [0.3, 0.4) is 0 Å². The number of cyclic esters (lactones) is 1. The van der Waals surface area contributed by atoms with Crippen LogP contribution in [0.25, 0.3) is 0 Å². The Balaban J connectivity index is 2.14. The van der Waals surface area contributed by atoms with Crippen LogP contribution >= 0.6 is 0 Å². The van der Waals surface area contributed by atoms with Gasteiger partial charge < -0.3 is 4.74 Å². The Morgan fingerprint density at radius 1 is 1.35 bits per heavy atom. The smallest absolute Gasteiger partial charge is 0.416 e. The van der Waals surface area contributed by atoms with Crippen molar-refractivity contribution < 1.29 is 14.3 Å². The fourth-order valence-corrected chi connectivity index (χ4v) is 2.58. The van der Waals surface area contributed by atoms with Crippen molar-refractivity contribution in [3.8, 4) is 12.1 Å². The minimum Gasteiger partial charge on any atom is -0.447 e. The zero-order valence-electron chi connectivity index (χ0n) is 12.9. The molecule has 0 bridgehead atoms. The Hall–Kier alpha value is -2.86. The number of nitrogens with zero attached hydrogens (tertiary/aromatic N) is 3. The number of carbonyl (C=O) groups is 2. The zero-order chi connectivity index (χ0) is 16.9. The molecule has 0 aromatic heterocycles. The Morgan fingerprint density at radius 2 is 2.00 bits per heavy atom. The van der Waals surface area contributed by atoms with Crippen LogP contribution in [0.5, 0.6) is 0 Å². The van der Waals surface area contributed by atoms with E-state index in [0.29, 0.717) is 0 Å². The second-order valence-electron chi connectivity index (χ2n) is 5.62. The van der Waals surface area contributed by atoms with Crippen molar-refractivity contribution in [2.45, 2.75) is 19.8 Å². The van der Waals surface area contributed by atoms with E-state index in [-0.39, 0.29) is 26.0 Å². The molecule has 1 aromatic rings. The van der Waals surface area contributed by atoms with Crippen LogP contribution in [0.4, 0.5) is 4.79 Å². The topological polar surface area (TPSA) is 94.2 Å². The molecular weight excluding hydrogens is 294 g/mol. The molecule has 0 radical (unpaired) electrons. The number of ether oxygens (including phenoxy) is 1. The van der Waals surface area contributed by atoms with Crippen LogP contribution < -0.4 is 0 Å². The van der Waals surface area contributed by atoms with E-state index >= 15 is 0 Å². The Bertz CT molecular complexity index is 659. The van der Waals surface area contributed by atoms with Gasteiger partial charge in [-0.3, -0.25) is 4.79 Å².